The van der Waals surface area contributed by atoms with Gasteiger partial charge >= 0.3 is 0 Å². The van der Waals surface area contributed by atoms with E-state index in [-0.39, 0.29) is 25.0 Å². The minimum atomic E-state index is -1.83. The number of aromatic nitrogens is 3. The zero-order valence-corrected chi connectivity index (χ0v) is 24.6. The van der Waals surface area contributed by atoms with E-state index in [4.69, 9.17) is 0 Å². The molecule has 0 aliphatic carbocycles. The summed E-state index contributed by atoms with van der Waals surface area (Å²) in [5, 5.41) is 33.8. The molecular formula is C34H36N6O4. The van der Waals surface area contributed by atoms with Crippen molar-refractivity contribution in [2.24, 2.45) is 5.92 Å². The first-order chi connectivity index (χ1) is 21.4. The van der Waals surface area contributed by atoms with Crippen LogP contribution >= 0.6 is 0 Å². The van der Waals surface area contributed by atoms with Crippen molar-refractivity contribution in [2.45, 2.75) is 31.4 Å². The highest BCUT2D eigenvalue weighted by atomic mass is 16.3. The molecule has 2 aliphatic rings. The Morgan fingerprint density at radius 3 is 2.50 bits per heavy atom. The first-order valence-electron chi connectivity index (χ1n) is 14.9. The van der Waals surface area contributed by atoms with Gasteiger partial charge in [0.05, 0.1) is 30.5 Å². The first kappa shape index (κ1) is 29.4. The lowest BCUT2D eigenvalue weighted by molar-refractivity contribution is -0.138. The van der Waals surface area contributed by atoms with Crippen molar-refractivity contribution in [3.05, 3.63) is 114 Å². The number of nitrogens with zero attached hydrogens (tertiary/aromatic N) is 5. The van der Waals surface area contributed by atoms with Crippen molar-refractivity contribution >= 4 is 28.9 Å². The number of aliphatic hydroxyl groups is 2. The Balaban J connectivity index is 1.22. The van der Waals surface area contributed by atoms with Crippen LogP contribution in [0, 0.1) is 5.92 Å². The van der Waals surface area contributed by atoms with E-state index in [0.717, 1.165) is 5.56 Å². The smallest absolute Gasteiger partial charge is 0.268 e. The van der Waals surface area contributed by atoms with E-state index in [1.807, 2.05) is 98.1 Å². The summed E-state index contributed by atoms with van der Waals surface area (Å²) in [7, 11) is 0. The number of aliphatic hydroxyl groups excluding tert-OH is 1. The number of allylic oxidation sites excluding steroid dienone is 1. The molecule has 3 heterocycles. The van der Waals surface area contributed by atoms with Gasteiger partial charge in [-0.15, -0.1) is 5.10 Å². The van der Waals surface area contributed by atoms with Gasteiger partial charge in [0.15, 0.2) is 5.60 Å². The number of amides is 2. The zero-order chi connectivity index (χ0) is 30.7. The lowest BCUT2D eigenvalue weighted by Crippen LogP contribution is -2.48. The third-order valence-electron chi connectivity index (χ3n) is 8.48. The molecule has 44 heavy (non-hydrogen) atoms. The number of nitrogens with one attached hydrogen (secondary N) is 1. The van der Waals surface area contributed by atoms with Gasteiger partial charge in [-0.3, -0.25) is 19.2 Å². The molecule has 2 amide bonds. The molecule has 0 radical (unpaired) electrons. The third-order valence-corrected chi connectivity index (χ3v) is 8.48. The number of carbonyl (C=O) groups excluding carboxylic acids is 2. The molecule has 10 nitrogen and oxygen atoms in total. The van der Waals surface area contributed by atoms with Gasteiger partial charge in [-0.1, -0.05) is 72.8 Å². The molecule has 3 aromatic carbocycles. The van der Waals surface area contributed by atoms with E-state index < -0.39 is 17.4 Å². The number of carbonyl (C=O) groups is 2. The summed E-state index contributed by atoms with van der Waals surface area (Å²) in [6.45, 7) is 3.72. The van der Waals surface area contributed by atoms with E-state index in [2.05, 4.69) is 15.6 Å². The van der Waals surface area contributed by atoms with Crippen LogP contribution in [0.2, 0.25) is 0 Å². The molecule has 1 saturated heterocycles. The van der Waals surface area contributed by atoms with Crippen LogP contribution < -0.4 is 15.1 Å². The molecule has 0 bridgehead atoms. The summed E-state index contributed by atoms with van der Waals surface area (Å²) >= 11 is 0. The van der Waals surface area contributed by atoms with Crippen LogP contribution in [-0.4, -0.2) is 63.3 Å². The third kappa shape index (κ3) is 5.43. The number of para-hydroxylation sites is 1. The fourth-order valence-electron chi connectivity index (χ4n) is 6.02. The zero-order valence-electron chi connectivity index (χ0n) is 24.6. The van der Waals surface area contributed by atoms with Gasteiger partial charge in [0, 0.05) is 48.7 Å². The second kappa shape index (κ2) is 12.5. The lowest BCUT2D eigenvalue weighted by Gasteiger charge is -2.30. The molecule has 4 aromatic rings. The molecular weight excluding hydrogens is 556 g/mol. The second-order valence-electron chi connectivity index (χ2n) is 11.2. The Kier molecular flexibility index (Phi) is 8.38. The fraction of sp³-hybridized carbons (Fsp3) is 0.294. The Labute approximate surface area is 256 Å². The molecule has 6 rings (SSSR count). The van der Waals surface area contributed by atoms with E-state index in [9.17, 15) is 19.8 Å². The Morgan fingerprint density at radius 1 is 1.02 bits per heavy atom. The SMILES string of the molecule is C[C@@H](/C=C/CCn1cc(C(CO)c2ccccc2)nn1)[C@]1(O)C(=O)N(c2ccccc2)c2ccc(N3CCNCC3=O)cc21. The van der Waals surface area contributed by atoms with Crippen LogP contribution in [0.4, 0.5) is 17.1 Å². The predicted molar refractivity (Wildman–Crippen MR) is 167 cm³/mol. The quantitative estimate of drug-likeness (QED) is 0.241. The number of fused-ring (bicyclic) bond motifs is 1. The molecule has 10 heteroatoms. The number of anilines is 3. The molecule has 3 N–H and O–H groups in total. The number of hydrogen-bond donors (Lipinski definition) is 3. The van der Waals surface area contributed by atoms with Gasteiger partial charge in [-0.05, 0) is 42.3 Å². The van der Waals surface area contributed by atoms with E-state index in [1.165, 1.54) is 0 Å². The highest BCUT2D eigenvalue weighted by molar-refractivity contribution is 6.12. The van der Waals surface area contributed by atoms with Gasteiger partial charge in [0.1, 0.15) is 0 Å². The average Bonchev–Trinajstić information content (AvgIpc) is 3.61. The molecule has 1 aromatic heterocycles. The van der Waals surface area contributed by atoms with Crippen LogP contribution in [0.15, 0.2) is 97.2 Å². The normalized spacial score (nSPS) is 19.9. The fourth-order valence-corrected chi connectivity index (χ4v) is 6.02. The summed E-state index contributed by atoms with van der Waals surface area (Å²) in [6, 6.07) is 24.4. The number of hydrogen-bond acceptors (Lipinski definition) is 7. The van der Waals surface area contributed by atoms with Crippen LogP contribution in [0.25, 0.3) is 0 Å². The van der Waals surface area contributed by atoms with Gasteiger partial charge in [-0.2, -0.15) is 0 Å². The van der Waals surface area contributed by atoms with E-state index in [1.54, 1.807) is 20.5 Å². The van der Waals surface area contributed by atoms with Crippen LogP contribution in [-0.2, 0) is 21.7 Å². The van der Waals surface area contributed by atoms with Gasteiger partial charge in [0.25, 0.3) is 5.91 Å². The summed E-state index contributed by atoms with van der Waals surface area (Å²) < 4.78 is 1.73. The van der Waals surface area contributed by atoms with Gasteiger partial charge < -0.3 is 20.4 Å². The highest BCUT2D eigenvalue weighted by Crippen LogP contribution is 2.49. The van der Waals surface area contributed by atoms with Crippen LogP contribution in [0.3, 0.4) is 0 Å². The van der Waals surface area contributed by atoms with E-state index in [0.29, 0.717) is 54.4 Å². The summed E-state index contributed by atoms with van der Waals surface area (Å²) in [6.07, 6.45) is 6.23. The number of rotatable bonds is 10. The monoisotopic (exact) mass is 592 g/mol. The van der Waals surface area contributed by atoms with Crippen molar-refractivity contribution in [3.63, 3.8) is 0 Å². The molecule has 1 unspecified atom stereocenters. The molecule has 0 saturated carbocycles. The largest absolute Gasteiger partial charge is 0.395 e. The van der Waals surface area contributed by atoms with Gasteiger partial charge in [-0.25, -0.2) is 0 Å². The summed E-state index contributed by atoms with van der Waals surface area (Å²) in [5.74, 6) is -1.31. The molecule has 226 valence electrons. The molecule has 3 atom stereocenters. The molecule has 2 aliphatic heterocycles. The van der Waals surface area contributed by atoms with Crippen molar-refractivity contribution in [1.82, 2.24) is 20.3 Å². The van der Waals surface area contributed by atoms with E-state index >= 15 is 0 Å². The van der Waals surface area contributed by atoms with Crippen molar-refractivity contribution in [1.29, 1.82) is 0 Å². The molecule has 1 fully saturated rings. The average molecular weight is 593 g/mol. The van der Waals surface area contributed by atoms with Crippen molar-refractivity contribution in [3.8, 4) is 0 Å². The number of benzene rings is 3. The van der Waals surface area contributed by atoms with Gasteiger partial charge in [0.2, 0.25) is 5.91 Å². The first-order valence-corrected chi connectivity index (χ1v) is 14.9. The maximum Gasteiger partial charge on any atom is 0.268 e. The topological polar surface area (TPSA) is 124 Å². The number of aryl methyl sites for hydroxylation is 1. The van der Waals surface area contributed by atoms with Crippen molar-refractivity contribution in [2.75, 3.05) is 36.0 Å². The summed E-state index contributed by atoms with van der Waals surface area (Å²) in [4.78, 5) is 30.0. The summed E-state index contributed by atoms with van der Waals surface area (Å²) in [5.41, 5.74) is 2.23. The lowest BCUT2D eigenvalue weighted by atomic mass is 9.82. The minimum absolute atomic E-state index is 0.0535. The Bertz CT molecular complexity index is 1660. The molecule has 0 spiro atoms. The second-order valence-corrected chi connectivity index (χ2v) is 11.2. The van der Waals surface area contributed by atoms with Crippen molar-refractivity contribution < 1.29 is 19.8 Å². The highest BCUT2D eigenvalue weighted by Gasteiger charge is 2.53. The minimum Gasteiger partial charge on any atom is -0.395 e. The Hall–Kier alpha value is -4.64. The van der Waals surface area contributed by atoms with Crippen LogP contribution in [0.1, 0.15) is 36.1 Å². The maximum atomic E-state index is 14.1. The predicted octanol–water partition coefficient (Wildman–Crippen LogP) is 3.49. The standard InChI is InChI=1S/C34H36N6O4/c1-24(10-8-9-18-38-22-30(36-37-38)28(23-41)25-11-4-2-5-12-25)34(44)29-20-27(39-19-17-35-21-32(39)42)15-16-31(29)40(33(34)43)26-13-6-3-7-14-26/h2-8,10-16,20,22,24,28,35,41,44H,9,17-19,21,23H2,1H3/b10-8+/t24-,28?,34+/m0/s1. The Morgan fingerprint density at radius 2 is 1.77 bits per heavy atom. The maximum absolute atomic E-state index is 14.1. The van der Waals surface area contributed by atoms with Crippen LogP contribution in [0.5, 0.6) is 0 Å². The number of piperazine rings is 1.